The maximum atomic E-state index is 12.6. The van der Waals surface area contributed by atoms with Crippen LogP contribution in [0.1, 0.15) is 66.2 Å². The summed E-state index contributed by atoms with van der Waals surface area (Å²) in [5, 5.41) is 8.98. The molecule has 1 fully saturated rings. The Labute approximate surface area is 184 Å². The molecule has 2 atom stereocenters. The van der Waals surface area contributed by atoms with Gasteiger partial charge in [-0.25, -0.2) is 0 Å². The first-order valence-electron chi connectivity index (χ1n) is 10.8. The van der Waals surface area contributed by atoms with E-state index < -0.39 is 11.3 Å². The lowest BCUT2D eigenvalue weighted by Crippen LogP contribution is -2.32. The van der Waals surface area contributed by atoms with Crippen LogP contribution in [0.5, 0.6) is 11.5 Å². The van der Waals surface area contributed by atoms with Crippen LogP contribution in [0.15, 0.2) is 24.3 Å². The molecule has 0 spiro atoms. The average Bonchev–Trinajstić information content (AvgIpc) is 2.74. The minimum Gasteiger partial charge on any atom is -0.426 e. The number of carbonyl (C=O) groups excluding carboxylic acids is 2. The van der Waals surface area contributed by atoms with E-state index in [-0.39, 0.29) is 23.2 Å². The molecule has 0 N–H and O–H groups in total. The number of ether oxygens (including phenoxy) is 2. The molecule has 5 nitrogen and oxygen atoms in total. The van der Waals surface area contributed by atoms with Gasteiger partial charge in [-0.15, -0.1) is 11.6 Å². The van der Waals surface area contributed by atoms with Crippen LogP contribution >= 0.6 is 11.6 Å². The summed E-state index contributed by atoms with van der Waals surface area (Å²) in [6.45, 7) is 8.01. The molecule has 0 bridgehead atoms. The van der Waals surface area contributed by atoms with Crippen molar-refractivity contribution < 1.29 is 19.1 Å². The molecule has 2 unspecified atom stereocenters. The van der Waals surface area contributed by atoms with Gasteiger partial charge in [-0.2, -0.15) is 5.26 Å². The molecule has 0 amide bonds. The van der Waals surface area contributed by atoms with Crippen LogP contribution in [0.25, 0.3) is 0 Å². The van der Waals surface area contributed by atoms with E-state index in [4.69, 9.17) is 21.1 Å². The third-order valence-electron chi connectivity index (χ3n) is 6.02. The van der Waals surface area contributed by atoms with E-state index >= 15 is 0 Å². The first kappa shape index (κ1) is 24.2. The summed E-state index contributed by atoms with van der Waals surface area (Å²) in [4.78, 5) is 24.5. The predicted molar refractivity (Wildman–Crippen MR) is 116 cm³/mol. The molecular formula is C24H32ClNO4. The number of rotatable bonds is 8. The highest BCUT2D eigenvalue weighted by molar-refractivity contribution is 6.30. The standard InChI is InChI=1S/C24H32ClNO4/c1-5-17(4)14-24(15-26)12-10-18(11-13-24)22(27)29-19-6-8-20(9-7-19)30-23(28)21(25)16(2)3/h6-9,16-18,21H,5,10-14H2,1-4H3. The smallest absolute Gasteiger partial charge is 0.329 e. The average molecular weight is 434 g/mol. The van der Waals surface area contributed by atoms with E-state index in [1.54, 1.807) is 24.3 Å². The van der Waals surface area contributed by atoms with Gasteiger partial charge in [0.25, 0.3) is 0 Å². The molecule has 164 valence electrons. The summed E-state index contributed by atoms with van der Waals surface area (Å²) in [5.41, 5.74) is -0.312. The van der Waals surface area contributed by atoms with E-state index in [9.17, 15) is 14.9 Å². The van der Waals surface area contributed by atoms with E-state index in [1.165, 1.54) is 0 Å². The Balaban J connectivity index is 1.88. The van der Waals surface area contributed by atoms with Crippen molar-refractivity contribution in [2.24, 2.45) is 23.2 Å². The van der Waals surface area contributed by atoms with E-state index in [0.717, 1.165) is 25.7 Å². The molecule has 1 aliphatic rings. The zero-order chi connectivity index (χ0) is 22.3. The van der Waals surface area contributed by atoms with Gasteiger partial charge in [0.05, 0.1) is 17.4 Å². The third kappa shape index (κ3) is 6.47. The fraction of sp³-hybridized carbons (Fsp3) is 0.625. The van der Waals surface area contributed by atoms with Gasteiger partial charge in [0.15, 0.2) is 0 Å². The highest BCUT2D eigenvalue weighted by atomic mass is 35.5. The normalized spacial score (nSPS) is 23.3. The quantitative estimate of drug-likeness (QED) is 0.290. The van der Waals surface area contributed by atoms with E-state index in [1.807, 2.05) is 13.8 Å². The first-order valence-corrected chi connectivity index (χ1v) is 11.2. The molecule has 1 saturated carbocycles. The summed E-state index contributed by atoms with van der Waals surface area (Å²) in [7, 11) is 0. The zero-order valence-electron chi connectivity index (χ0n) is 18.3. The molecule has 1 aromatic carbocycles. The Hall–Kier alpha value is -2.06. The maximum absolute atomic E-state index is 12.6. The molecule has 0 saturated heterocycles. The Morgan fingerprint density at radius 1 is 1.13 bits per heavy atom. The fourth-order valence-corrected chi connectivity index (χ4v) is 3.84. The van der Waals surface area contributed by atoms with Gasteiger partial charge in [-0.1, -0.05) is 34.1 Å². The highest BCUT2D eigenvalue weighted by Gasteiger charge is 2.39. The van der Waals surface area contributed by atoms with Crippen molar-refractivity contribution in [1.82, 2.24) is 0 Å². The van der Waals surface area contributed by atoms with Gasteiger partial charge >= 0.3 is 11.9 Å². The van der Waals surface area contributed by atoms with Crippen LogP contribution in [0.2, 0.25) is 0 Å². The molecular weight excluding hydrogens is 402 g/mol. The molecule has 30 heavy (non-hydrogen) atoms. The van der Waals surface area contributed by atoms with Gasteiger partial charge in [0.1, 0.15) is 16.9 Å². The lowest BCUT2D eigenvalue weighted by Gasteiger charge is -2.35. The highest BCUT2D eigenvalue weighted by Crippen LogP contribution is 2.43. The van der Waals surface area contributed by atoms with Crippen LogP contribution in [0.4, 0.5) is 0 Å². The Kier molecular flexibility index (Phi) is 8.73. The van der Waals surface area contributed by atoms with Crippen molar-refractivity contribution in [3.05, 3.63) is 24.3 Å². The monoisotopic (exact) mass is 433 g/mol. The summed E-state index contributed by atoms with van der Waals surface area (Å²) >= 11 is 6.00. The molecule has 0 aliphatic heterocycles. The molecule has 1 aromatic rings. The number of hydrogen-bond acceptors (Lipinski definition) is 5. The van der Waals surface area contributed by atoms with Crippen LogP contribution < -0.4 is 9.47 Å². The van der Waals surface area contributed by atoms with Gasteiger partial charge in [-0.3, -0.25) is 9.59 Å². The summed E-state index contributed by atoms with van der Waals surface area (Å²) in [5.74, 6) is 0.280. The Morgan fingerprint density at radius 3 is 2.13 bits per heavy atom. The Bertz CT molecular complexity index is 760. The topological polar surface area (TPSA) is 76.4 Å². The van der Waals surface area contributed by atoms with Crippen molar-refractivity contribution in [3.8, 4) is 17.6 Å². The van der Waals surface area contributed by atoms with Crippen molar-refractivity contribution in [3.63, 3.8) is 0 Å². The number of esters is 2. The maximum Gasteiger partial charge on any atom is 0.329 e. The van der Waals surface area contributed by atoms with Crippen molar-refractivity contribution in [2.75, 3.05) is 0 Å². The van der Waals surface area contributed by atoms with Gasteiger partial charge in [-0.05, 0) is 68.2 Å². The molecule has 0 aromatic heterocycles. The van der Waals surface area contributed by atoms with Crippen LogP contribution in [0.3, 0.4) is 0 Å². The first-order chi connectivity index (χ1) is 14.2. The van der Waals surface area contributed by atoms with Crippen molar-refractivity contribution in [1.29, 1.82) is 5.26 Å². The van der Waals surface area contributed by atoms with Crippen molar-refractivity contribution >= 4 is 23.5 Å². The Morgan fingerprint density at radius 2 is 1.67 bits per heavy atom. The second kappa shape index (κ2) is 10.8. The number of benzene rings is 1. The van der Waals surface area contributed by atoms with Gasteiger partial charge in [0.2, 0.25) is 0 Å². The van der Waals surface area contributed by atoms with Crippen LogP contribution in [0, 0.1) is 34.5 Å². The molecule has 6 heteroatoms. The minimum atomic E-state index is -0.713. The molecule has 0 radical (unpaired) electrons. The fourth-order valence-electron chi connectivity index (χ4n) is 3.80. The van der Waals surface area contributed by atoms with E-state index in [2.05, 4.69) is 19.9 Å². The number of hydrogen-bond donors (Lipinski definition) is 0. The number of halogens is 1. The summed E-state index contributed by atoms with van der Waals surface area (Å²) in [6.07, 6.45) is 4.76. The third-order valence-corrected chi connectivity index (χ3v) is 6.70. The van der Waals surface area contributed by atoms with Crippen LogP contribution in [-0.2, 0) is 9.59 Å². The van der Waals surface area contributed by atoms with Crippen molar-refractivity contribution in [2.45, 2.75) is 71.6 Å². The lowest BCUT2D eigenvalue weighted by atomic mass is 9.67. The van der Waals surface area contributed by atoms with Gasteiger partial charge < -0.3 is 9.47 Å². The lowest BCUT2D eigenvalue weighted by molar-refractivity contribution is -0.140. The molecule has 0 heterocycles. The van der Waals surface area contributed by atoms with E-state index in [0.29, 0.717) is 30.3 Å². The number of carbonyl (C=O) groups is 2. The number of alkyl halides is 1. The number of nitrogens with zero attached hydrogens (tertiary/aromatic N) is 1. The predicted octanol–water partition coefficient (Wildman–Crippen LogP) is 5.90. The summed E-state index contributed by atoms with van der Waals surface area (Å²) in [6, 6.07) is 8.89. The summed E-state index contributed by atoms with van der Waals surface area (Å²) < 4.78 is 10.8. The van der Waals surface area contributed by atoms with Gasteiger partial charge in [0, 0.05) is 0 Å². The number of nitriles is 1. The second-order valence-corrected chi connectivity index (χ2v) is 9.31. The molecule has 2 rings (SSSR count). The molecule has 1 aliphatic carbocycles. The second-order valence-electron chi connectivity index (χ2n) is 8.84. The van der Waals surface area contributed by atoms with Crippen LogP contribution in [-0.4, -0.2) is 17.3 Å². The largest absolute Gasteiger partial charge is 0.426 e. The SMILES string of the molecule is CCC(C)CC1(C#N)CCC(C(=O)Oc2ccc(OC(=O)C(Cl)C(C)C)cc2)CC1. The zero-order valence-corrected chi connectivity index (χ0v) is 19.1. The minimum absolute atomic E-state index is 0.0279.